The van der Waals surface area contributed by atoms with Crippen LogP contribution in [0.25, 0.3) is 43.9 Å². The second-order valence-electron chi connectivity index (χ2n) is 8.80. The van der Waals surface area contributed by atoms with Gasteiger partial charge in [0.15, 0.2) is 0 Å². The molecule has 0 aliphatic carbocycles. The fourth-order valence-electron chi connectivity index (χ4n) is 4.79. The zero-order valence-electron chi connectivity index (χ0n) is 20.3. The number of aryl methyl sites for hydroxylation is 1. The normalized spacial score (nSPS) is 13.1. The Morgan fingerprint density at radius 2 is 2.08 bits per heavy atom. The Hall–Kier alpha value is -4.31. The number of hydrogen-bond donors (Lipinski definition) is 0. The molecule has 37 heavy (non-hydrogen) atoms. The Bertz CT molecular complexity index is 1680. The predicted molar refractivity (Wildman–Crippen MR) is 141 cm³/mol. The number of carbonyl (C=O) groups excluding carboxylic acids is 1. The number of halogens is 1. The molecule has 6 rings (SSSR count). The first kappa shape index (κ1) is 23.1. The first-order valence-electron chi connectivity index (χ1n) is 11.7. The van der Waals surface area contributed by atoms with E-state index in [-0.39, 0.29) is 11.7 Å². The minimum Gasteiger partial charge on any atom is -0.496 e. The van der Waals surface area contributed by atoms with Gasteiger partial charge < -0.3 is 9.64 Å². The summed E-state index contributed by atoms with van der Waals surface area (Å²) in [5.74, 6) is -0.0738. The lowest BCUT2D eigenvalue weighted by atomic mass is 9.97. The average Bonchev–Trinajstić information content (AvgIpc) is 3.66. The molecule has 0 spiro atoms. The van der Waals surface area contributed by atoms with Gasteiger partial charge in [-0.2, -0.15) is 10.2 Å². The molecule has 0 saturated heterocycles. The van der Waals surface area contributed by atoms with Crippen molar-refractivity contribution in [3.8, 4) is 39.5 Å². The molecule has 186 valence electrons. The van der Waals surface area contributed by atoms with Crippen molar-refractivity contribution in [3.05, 3.63) is 72.3 Å². The zero-order valence-corrected chi connectivity index (χ0v) is 21.1. The Labute approximate surface area is 216 Å². The van der Waals surface area contributed by atoms with Gasteiger partial charge in [-0.15, -0.1) is 11.3 Å². The molecule has 0 fully saturated rings. The maximum absolute atomic E-state index is 14.1. The lowest BCUT2D eigenvalue weighted by Crippen LogP contribution is -2.37. The molecule has 0 atom stereocenters. The van der Waals surface area contributed by atoms with E-state index < -0.39 is 0 Å². The van der Waals surface area contributed by atoms with Crippen LogP contribution < -0.4 is 4.74 Å². The molecule has 0 radical (unpaired) electrons. The minimum absolute atomic E-state index is 0.109. The summed E-state index contributed by atoms with van der Waals surface area (Å²) >= 11 is 1.58. The van der Waals surface area contributed by atoms with Crippen molar-refractivity contribution < 1.29 is 13.9 Å². The number of pyridine rings is 1. The van der Waals surface area contributed by atoms with Crippen molar-refractivity contribution in [1.29, 1.82) is 0 Å². The molecule has 5 heterocycles. The highest BCUT2D eigenvalue weighted by Crippen LogP contribution is 2.45. The third kappa shape index (κ3) is 3.89. The number of fused-ring (bicyclic) bond motifs is 2. The van der Waals surface area contributed by atoms with Crippen molar-refractivity contribution >= 4 is 27.3 Å². The van der Waals surface area contributed by atoms with E-state index in [4.69, 9.17) is 14.8 Å². The summed E-state index contributed by atoms with van der Waals surface area (Å²) in [6, 6.07) is 8.53. The van der Waals surface area contributed by atoms with Gasteiger partial charge in [0.05, 0.1) is 37.8 Å². The number of rotatable bonds is 5. The molecule has 1 aliphatic heterocycles. The van der Waals surface area contributed by atoms with Crippen LogP contribution in [-0.4, -0.2) is 49.0 Å². The van der Waals surface area contributed by atoms with E-state index in [0.717, 1.165) is 38.2 Å². The lowest BCUT2D eigenvalue weighted by molar-refractivity contribution is -0.127. The van der Waals surface area contributed by atoms with Crippen LogP contribution in [0.2, 0.25) is 0 Å². The van der Waals surface area contributed by atoms with Crippen molar-refractivity contribution in [2.75, 3.05) is 13.7 Å². The van der Waals surface area contributed by atoms with Crippen LogP contribution in [-0.2, 0) is 24.9 Å². The molecular weight excluding hydrogens is 491 g/mol. The second kappa shape index (κ2) is 8.97. The van der Waals surface area contributed by atoms with Gasteiger partial charge in [-0.05, 0) is 35.7 Å². The number of aromatic nitrogens is 5. The van der Waals surface area contributed by atoms with Gasteiger partial charge in [0.1, 0.15) is 23.0 Å². The summed E-state index contributed by atoms with van der Waals surface area (Å²) in [4.78, 5) is 19.1. The third-order valence-corrected chi connectivity index (χ3v) is 7.48. The van der Waals surface area contributed by atoms with Crippen LogP contribution in [0.4, 0.5) is 4.39 Å². The van der Waals surface area contributed by atoms with Gasteiger partial charge in [0, 0.05) is 52.6 Å². The number of methoxy groups -OCH3 is 1. The molecule has 5 aromatic rings. The lowest BCUT2D eigenvalue weighted by Gasteiger charge is -2.26. The maximum atomic E-state index is 14.1. The van der Waals surface area contributed by atoms with E-state index in [1.165, 1.54) is 25.3 Å². The molecule has 0 bridgehead atoms. The highest BCUT2D eigenvalue weighted by atomic mass is 32.1. The zero-order chi connectivity index (χ0) is 25.7. The Morgan fingerprint density at radius 3 is 2.84 bits per heavy atom. The van der Waals surface area contributed by atoms with Crippen LogP contribution in [0.1, 0.15) is 5.69 Å². The van der Waals surface area contributed by atoms with Crippen molar-refractivity contribution in [2.45, 2.75) is 13.1 Å². The van der Waals surface area contributed by atoms with E-state index in [2.05, 4.69) is 11.7 Å². The first-order chi connectivity index (χ1) is 18.0. The molecule has 0 saturated carbocycles. The van der Waals surface area contributed by atoms with E-state index in [1.807, 2.05) is 35.4 Å². The van der Waals surface area contributed by atoms with E-state index >= 15 is 0 Å². The fourth-order valence-corrected chi connectivity index (χ4v) is 5.75. The Morgan fingerprint density at radius 1 is 1.22 bits per heavy atom. The molecular formula is C27H23FN6O2S. The van der Waals surface area contributed by atoms with Crippen LogP contribution in [0.3, 0.4) is 0 Å². The highest BCUT2D eigenvalue weighted by Gasteiger charge is 2.26. The number of amides is 1. The number of hydrogen-bond acceptors (Lipinski definition) is 6. The van der Waals surface area contributed by atoms with Gasteiger partial charge in [-0.25, -0.2) is 9.37 Å². The van der Waals surface area contributed by atoms with Crippen LogP contribution in [0.5, 0.6) is 5.75 Å². The topological polar surface area (TPSA) is 78.1 Å². The van der Waals surface area contributed by atoms with Crippen molar-refractivity contribution in [3.63, 3.8) is 0 Å². The molecule has 1 amide bonds. The van der Waals surface area contributed by atoms with Crippen LogP contribution >= 0.6 is 11.3 Å². The van der Waals surface area contributed by atoms with Crippen LogP contribution in [0.15, 0.2) is 60.8 Å². The Kier molecular flexibility index (Phi) is 5.60. The van der Waals surface area contributed by atoms with E-state index in [9.17, 15) is 9.18 Å². The number of benzene rings is 1. The van der Waals surface area contributed by atoms with E-state index in [1.54, 1.807) is 33.2 Å². The summed E-state index contributed by atoms with van der Waals surface area (Å²) in [6.45, 7) is 5.16. The quantitative estimate of drug-likeness (QED) is 0.312. The van der Waals surface area contributed by atoms with Gasteiger partial charge in [0.25, 0.3) is 0 Å². The fraction of sp³-hybridized carbons (Fsp3) is 0.185. The third-order valence-electron chi connectivity index (χ3n) is 6.55. The average molecular weight is 515 g/mol. The number of nitrogens with zero attached hydrogens (tertiary/aromatic N) is 6. The van der Waals surface area contributed by atoms with Gasteiger partial charge >= 0.3 is 0 Å². The molecule has 0 unspecified atom stereocenters. The van der Waals surface area contributed by atoms with Gasteiger partial charge in [-0.3, -0.25) is 14.2 Å². The predicted octanol–water partition coefficient (Wildman–Crippen LogP) is 4.90. The van der Waals surface area contributed by atoms with Crippen LogP contribution in [0, 0.1) is 5.82 Å². The largest absolute Gasteiger partial charge is 0.496 e. The first-order valence-corrected chi connectivity index (χ1v) is 12.6. The standard InChI is InChI=1S/C27H23FN6O2S/c1-4-23(35)33-8-9-34-18(15-33)12-21(31-34)26-24(19-6-5-17(28)11-22(19)36-3)27-20(7-10-37-27)25(30-26)16-13-29-32(2)14-16/h4-7,10-14H,1,8-9,15H2,2-3H3. The Balaban J connectivity index is 1.61. The molecule has 1 aromatic carbocycles. The second-order valence-corrected chi connectivity index (χ2v) is 9.72. The number of carbonyl (C=O) groups is 1. The van der Waals surface area contributed by atoms with Crippen molar-refractivity contribution in [1.82, 2.24) is 29.4 Å². The summed E-state index contributed by atoms with van der Waals surface area (Å²) in [7, 11) is 3.40. The summed E-state index contributed by atoms with van der Waals surface area (Å²) in [5, 5.41) is 12.2. The van der Waals surface area contributed by atoms with Gasteiger partial charge in [-0.1, -0.05) is 6.58 Å². The van der Waals surface area contributed by atoms with Crippen molar-refractivity contribution in [2.24, 2.45) is 7.05 Å². The highest BCUT2D eigenvalue weighted by molar-refractivity contribution is 7.18. The molecule has 0 N–H and O–H groups in total. The molecule has 10 heteroatoms. The number of thiophene rings is 1. The molecule has 1 aliphatic rings. The van der Waals surface area contributed by atoms with Gasteiger partial charge in [0.2, 0.25) is 5.91 Å². The van der Waals surface area contributed by atoms with E-state index in [0.29, 0.717) is 36.8 Å². The number of ether oxygens (including phenoxy) is 1. The molecule has 8 nitrogen and oxygen atoms in total. The smallest absolute Gasteiger partial charge is 0.246 e. The summed E-state index contributed by atoms with van der Waals surface area (Å²) in [5.41, 5.74) is 5.46. The SMILES string of the molecule is C=CC(=O)N1CCn2nc(-c3nc(-c4cnn(C)c4)c4ccsc4c3-c3ccc(F)cc3OC)cc2C1. The molecule has 4 aromatic heterocycles. The summed E-state index contributed by atoms with van der Waals surface area (Å²) < 4.78 is 24.4. The maximum Gasteiger partial charge on any atom is 0.246 e. The summed E-state index contributed by atoms with van der Waals surface area (Å²) in [6.07, 6.45) is 5.05. The minimum atomic E-state index is -0.381. The monoisotopic (exact) mass is 514 g/mol.